The number of carbonyl (C=O) groups is 3. The number of halogens is 3. The summed E-state index contributed by atoms with van der Waals surface area (Å²) < 4.78 is 43.5. The molecule has 0 amide bonds. The van der Waals surface area contributed by atoms with E-state index in [1.54, 1.807) is 12.2 Å². The number of carboxylic acid groups (broad SMARTS) is 3. The first-order valence-electron chi connectivity index (χ1n) is 30.9. The highest BCUT2D eigenvalue weighted by Crippen LogP contribution is 2.40. The molecule has 3 fully saturated rings. The average molecular weight is 1230 g/mol. The maximum Gasteiger partial charge on any atom is 0.416 e. The summed E-state index contributed by atoms with van der Waals surface area (Å²) >= 11 is 0. The quantitative estimate of drug-likeness (QED) is 0.0246. The number of rotatable bonds is 34. The Kier molecular flexibility index (Phi) is 34.4. The lowest BCUT2D eigenvalue weighted by atomic mass is 9.85. The minimum Gasteiger partial charge on any atom is -0.550 e. The van der Waals surface area contributed by atoms with Gasteiger partial charge in [-0.2, -0.15) is 13.2 Å². The van der Waals surface area contributed by atoms with Crippen LogP contribution in [0.4, 0.5) is 13.2 Å². The minimum atomic E-state index is -4.49. The Labute approximate surface area is 515 Å². The zero-order valence-electron chi connectivity index (χ0n) is 50.1. The van der Waals surface area contributed by atoms with Crippen LogP contribution in [-0.4, -0.2) is 125 Å². The van der Waals surface area contributed by atoms with Gasteiger partial charge in [0.25, 0.3) is 0 Å². The Balaban J connectivity index is 0.000000283. The van der Waals surface area contributed by atoms with Crippen molar-refractivity contribution in [3.05, 3.63) is 162 Å². The molecule has 0 radical (unpaired) electrons. The summed E-state index contributed by atoms with van der Waals surface area (Å²) in [6.45, 7) is -0.272. The molecule has 0 heterocycles. The van der Waals surface area contributed by atoms with Gasteiger partial charge in [-0.05, 0) is 175 Å². The maximum atomic E-state index is 12.8. The Morgan fingerprint density at radius 1 is 0.511 bits per heavy atom. The van der Waals surface area contributed by atoms with Gasteiger partial charge in [-0.1, -0.05) is 127 Å². The van der Waals surface area contributed by atoms with Crippen molar-refractivity contribution in [3.63, 3.8) is 0 Å². The molecule has 0 saturated heterocycles. The summed E-state index contributed by atoms with van der Waals surface area (Å²) in [6, 6.07) is 24.4. The second kappa shape index (κ2) is 40.6. The van der Waals surface area contributed by atoms with E-state index in [9.17, 15) is 88.8 Å². The number of aliphatic hydroxyl groups excluding tert-OH is 9. The Hall–Kier alpha value is -6.00. The Morgan fingerprint density at radius 3 is 1.40 bits per heavy atom. The van der Waals surface area contributed by atoms with Crippen molar-refractivity contribution in [2.75, 3.05) is 6.61 Å². The van der Waals surface area contributed by atoms with Crippen LogP contribution in [0, 0.1) is 35.5 Å². The van der Waals surface area contributed by atoms with Gasteiger partial charge in [-0.3, -0.25) is 0 Å². The lowest BCUT2D eigenvalue weighted by molar-refractivity contribution is -0.307. The highest BCUT2D eigenvalue weighted by molar-refractivity contribution is 5.64. The summed E-state index contributed by atoms with van der Waals surface area (Å²) in [4.78, 5) is 31.2. The molecule has 88 heavy (non-hydrogen) atoms. The summed E-state index contributed by atoms with van der Waals surface area (Å²) in [7, 11) is 0. The molecule has 3 aliphatic rings. The van der Waals surface area contributed by atoms with Crippen molar-refractivity contribution < 1.29 is 93.6 Å². The number of carbonyl (C=O) groups excluding carboxylic acids is 3. The van der Waals surface area contributed by atoms with Crippen LogP contribution >= 0.6 is 0 Å². The number of alkyl halides is 3. The molecule has 16 nitrogen and oxygen atoms in total. The molecule has 0 aliphatic heterocycles. The smallest absolute Gasteiger partial charge is 0.416 e. The molecule has 3 aromatic carbocycles. The van der Waals surface area contributed by atoms with Crippen molar-refractivity contribution in [1.29, 1.82) is 0 Å². The summed E-state index contributed by atoms with van der Waals surface area (Å²) in [5.41, 5.74) is 1.53. The second-order valence-electron chi connectivity index (χ2n) is 23.4. The number of unbranched alkanes of at least 4 members (excludes halogenated alkanes) is 3. The minimum absolute atomic E-state index is 0.0192. The second-order valence-corrected chi connectivity index (χ2v) is 23.4. The van der Waals surface area contributed by atoms with Crippen LogP contribution in [0.25, 0.3) is 0 Å². The Bertz CT molecular complexity index is 2590. The predicted octanol–water partition coefficient (Wildman–Crippen LogP) is 5.97. The van der Waals surface area contributed by atoms with Crippen molar-refractivity contribution in [2.45, 2.75) is 196 Å². The van der Waals surface area contributed by atoms with E-state index in [4.69, 9.17) is 4.74 Å². The molecule has 0 aromatic heterocycles. The number of aryl methyl sites for hydroxylation is 2. The number of aliphatic hydroxyl groups is 9. The van der Waals surface area contributed by atoms with Gasteiger partial charge in [0, 0.05) is 42.6 Å². The van der Waals surface area contributed by atoms with Crippen LogP contribution in [0.15, 0.2) is 146 Å². The number of hydrogen-bond donors (Lipinski definition) is 9. The van der Waals surface area contributed by atoms with E-state index < -0.39 is 90.5 Å². The predicted molar refractivity (Wildman–Crippen MR) is 321 cm³/mol. The van der Waals surface area contributed by atoms with Gasteiger partial charge in [0.05, 0.1) is 54.4 Å². The highest BCUT2D eigenvalue weighted by Gasteiger charge is 2.42. The first-order chi connectivity index (χ1) is 42.0. The topological polar surface area (TPSA) is 312 Å². The molecule has 488 valence electrons. The van der Waals surface area contributed by atoms with Gasteiger partial charge in [-0.15, -0.1) is 0 Å². The van der Waals surface area contributed by atoms with Crippen molar-refractivity contribution in [2.24, 2.45) is 35.5 Å². The van der Waals surface area contributed by atoms with E-state index in [0.29, 0.717) is 96.3 Å². The van der Waals surface area contributed by atoms with E-state index in [1.165, 1.54) is 29.3 Å². The summed E-state index contributed by atoms with van der Waals surface area (Å²) in [5.74, 6) is -4.25. The third kappa shape index (κ3) is 29.1. The number of ether oxygens (including phenoxy) is 1. The monoisotopic (exact) mass is 1230 g/mol. The largest absolute Gasteiger partial charge is 0.550 e. The molecule has 15 atom stereocenters. The standard InChI is InChI=1S/C23H29F3O6.C23H34O5.C23H32O5/c24-23(25,26)15-6-5-7-17(12-15)32-14-16(27)10-11-19-18(20(28)13-21(19)29)8-3-1-2-4-9-22(30)31;2*24-18(13-12-17-8-4-3-5-9-17)14-15-20-19(21(25)16-22(20)26)10-6-1-2-7-11-23(27)28/h1,3,5-7,10-12,16,18-21,27-29H,2,4,8-9,13-14H2,(H,30,31);1,3-6,8-9,18-22,24-26H,2,7,10-16H2,(H,27,28);1,3-6,8-9,14-15,18-22,24-26H,2,7,10-13,16H2,(H,27,28)/p-3/b3-1-,11-10+;6-1-;6-1-,15-14+/t16-,18-,19-,20+,21-;18-,19+,20+,21-,22?;18-,19+,20+,21-,22+/m100/s1. The van der Waals surface area contributed by atoms with Gasteiger partial charge < -0.3 is 80.4 Å². The van der Waals surface area contributed by atoms with Gasteiger partial charge in [0.15, 0.2) is 0 Å². The van der Waals surface area contributed by atoms with Gasteiger partial charge in [0.1, 0.15) is 18.5 Å². The zero-order chi connectivity index (χ0) is 64.4. The molecule has 3 aromatic rings. The number of hydrogen-bond acceptors (Lipinski definition) is 16. The SMILES string of the molecule is O=C([O-])CCC/C=C\C[C@@H]1[C@@H](/C=C/[C@@H](O)CCc2ccccc2)[C@H](O)C[C@@H]1O.O=C([O-])CCC/C=C\C[C@@H]1[C@@H](/C=C/[C@@H](O)COc2cccc(C(F)(F)F)c2)[C@H](O)C[C@@H]1O.O=C([O-])CCC/C=C\C[C@H]1[C@@H](O)CC(O)[C@@H]1CC[C@@H](O)CCc1ccccc1. The van der Waals surface area contributed by atoms with E-state index in [0.717, 1.165) is 25.0 Å². The van der Waals surface area contributed by atoms with E-state index in [2.05, 4.69) is 12.1 Å². The molecule has 9 N–H and O–H groups in total. The third-order valence-electron chi connectivity index (χ3n) is 16.5. The fourth-order valence-electron chi connectivity index (χ4n) is 11.6. The fraction of sp³-hybridized carbons (Fsp3) is 0.551. The van der Waals surface area contributed by atoms with Gasteiger partial charge >= 0.3 is 6.18 Å². The van der Waals surface area contributed by atoms with Crippen LogP contribution in [0.2, 0.25) is 0 Å². The molecular weight excluding hydrogens is 1140 g/mol. The van der Waals surface area contributed by atoms with E-state index in [-0.39, 0.29) is 67.6 Å². The summed E-state index contributed by atoms with van der Waals surface area (Å²) in [6.07, 6.45) is 17.9. The van der Waals surface area contributed by atoms with E-state index in [1.807, 2.05) is 91.1 Å². The molecule has 3 saturated carbocycles. The van der Waals surface area contributed by atoms with Crippen molar-refractivity contribution >= 4 is 17.9 Å². The number of benzene rings is 3. The zero-order valence-corrected chi connectivity index (χ0v) is 50.1. The molecule has 19 heteroatoms. The average Bonchev–Trinajstić information content (AvgIpc) is 4.22. The first-order valence-corrected chi connectivity index (χ1v) is 30.9. The van der Waals surface area contributed by atoms with Crippen LogP contribution in [0.5, 0.6) is 5.75 Å². The van der Waals surface area contributed by atoms with Crippen LogP contribution in [0.1, 0.15) is 139 Å². The first kappa shape index (κ1) is 74.5. The maximum absolute atomic E-state index is 12.8. The third-order valence-corrected chi connectivity index (χ3v) is 16.5. The normalized spacial score (nSPS) is 25.7. The van der Waals surface area contributed by atoms with Crippen LogP contribution in [0.3, 0.4) is 0 Å². The Morgan fingerprint density at radius 2 is 0.932 bits per heavy atom. The fourth-order valence-corrected chi connectivity index (χ4v) is 11.6. The lowest BCUT2D eigenvalue weighted by Crippen LogP contribution is -2.23. The molecule has 0 bridgehead atoms. The van der Waals surface area contributed by atoms with Crippen molar-refractivity contribution in [3.8, 4) is 5.75 Å². The van der Waals surface area contributed by atoms with Crippen LogP contribution in [-0.2, 0) is 33.4 Å². The lowest BCUT2D eigenvalue weighted by Gasteiger charge is -2.23. The molecular formula is C69H92F3O16-3. The molecule has 1 unspecified atom stereocenters. The molecule has 3 aliphatic carbocycles. The number of allylic oxidation sites excluding steroid dienone is 6. The van der Waals surface area contributed by atoms with Gasteiger partial charge in [0.2, 0.25) is 0 Å². The molecule has 6 rings (SSSR count). The number of aliphatic carboxylic acids is 3. The van der Waals surface area contributed by atoms with Gasteiger partial charge in [-0.25, -0.2) is 0 Å². The highest BCUT2D eigenvalue weighted by atomic mass is 19.4. The molecule has 0 spiro atoms. The van der Waals surface area contributed by atoms with Crippen molar-refractivity contribution in [1.82, 2.24) is 0 Å². The van der Waals surface area contributed by atoms with Crippen LogP contribution < -0.4 is 20.1 Å². The number of carboxylic acids is 3. The van der Waals surface area contributed by atoms with E-state index >= 15 is 0 Å². The summed E-state index contributed by atoms with van der Waals surface area (Å²) in [5, 5.41) is 123.